The smallest absolute Gasteiger partial charge is 0.307 e. The summed E-state index contributed by atoms with van der Waals surface area (Å²) in [6.45, 7) is 0. The van der Waals surface area contributed by atoms with Gasteiger partial charge in [-0.3, -0.25) is 4.79 Å². The van der Waals surface area contributed by atoms with Crippen molar-refractivity contribution in [3.8, 4) is 11.3 Å². The zero-order chi connectivity index (χ0) is 11.8. The molecule has 0 radical (unpaired) electrons. The van der Waals surface area contributed by atoms with Crippen LogP contribution in [0.5, 0.6) is 0 Å². The zero-order valence-corrected chi connectivity index (χ0v) is 9.17. The summed E-state index contributed by atoms with van der Waals surface area (Å²) in [5, 5.41) is 8.87. The van der Waals surface area contributed by atoms with E-state index in [4.69, 9.17) is 9.52 Å². The van der Waals surface area contributed by atoms with Gasteiger partial charge in [0.25, 0.3) is 0 Å². The van der Waals surface area contributed by atoms with Crippen molar-refractivity contribution in [1.82, 2.24) is 0 Å². The molecule has 3 nitrogen and oxygen atoms in total. The molecule has 0 spiro atoms. The second-order valence-electron chi connectivity index (χ2n) is 4.35. The molecule has 0 unspecified atom stereocenters. The highest BCUT2D eigenvalue weighted by molar-refractivity contribution is 5.75. The highest BCUT2D eigenvalue weighted by atomic mass is 16.4. The first kappa shape index (κ1) is 10.1. The van der Waals surface area contributed by atoms with Gasteiger partial charge in [0.05, 0.1) is 5.92 Å². The number of carboxylic acids is 1. The molecule has 3 rings (SSSR count). The third-order valence-corrected chi connectivity index (χ3v) is 3.16. The van der Waals surface area contributed by atoms with Crippen molar-refractivity contribution in [2.45, 2.75) is 12.3 Å². The second-order valence-corrected chi connectivity index (χ2v) is 4.35. The van der Waals surface area contributed by atoms with Gasteiger partial charge in [0, 0.05) is 11.5 Å². The van der Waals surface area contributed by atoms with Crippen molar-refractivity contribution < 1.29 is 14.3 Å². The van der Waals surface area contributed by atoms with Crippen molar-refractivity contribution >= 4 is 5.97 Å². The van der Waals surface area contributed by atoms with Crippen molar-refractivity contribution in [3.05, 3.63) is 48.2 Å². The number of benzene rings is 1. The molecule has 17 heavy (non-hydrogen) atoms. The predicted molar refractivity (Wildman–Crippen MR) is 62.6 cm³/mol. The van der Waals surface area contributed by atoms with Gasteiger partial charge >= 0.3 is 5.97 Å². The van der Waals surface area contributed by atoms with E-state index < -0.39 is 5.97 Å². The van der Waals surface area contributed by atoms with Crippen LogP contribution in [0.25, 0.3) is 11.3 Å². The van der Waals surface area contributed by atoms with Crippen molar-refractivity contribution in [1.29, 1.82) is 0 Å². The molecule has 0 amide bonds. The van der Waals surface area contributed by atoms with Gasteiger partial charge in [-0.25, -0.2) is 0 Å². The van der Waals surface area contributed by atoms with E-state index in [0.29, 0.717) is 6.42 Å². The summed E-state index contributed by atoms with van der Waals surface area (Å²) in [6, 6.07) is 13.6. The first-order chi connectivity index (χ1) is 8.25. The first-order valence-corrected chi connectivity index (χ1v) is 5.63. The molecule has 0 saturated heterocycles. The number of hydrogen-bond donors (Lipinski definition) is 1. The van der Waals surface area contributed by atoms with Gasteiger partial charge in [-0.05, 0) is 18.6 Å². The molecule has 1 aromatic carbocycles. The van der Waals surface area contributed by atoms with Crippen LogP contribution in [0.1, 0.15) is 18.1 Å². The average molecular weight is 228 g/mol. The summed E-state index contributed by atoms with van der Waals surface area (Å²) in [6.07, 6.45) is 0.692. The fraction of sp³-hybridized carbons (Fsp3) is 0.214. The molecular formula is C14H12O3. The minimum absolute atomic E-state index is 0.0602. The molecule has 2 atom stereocenters. The van der Waals surface area contributed by atoms with Gasteiger partial charge in [0.2, 0.25) is 0 Å². The molecule has 1 aliphatic carbocycles. The Morgan fingerprint density at radius 1 is 1.18 bits per heavy atom. The quantitative estimate of drug-likeness (QED) is 0.878. The highest BCUT2D eigenvalue weighted by Gasteiger charge is 2.46. The van der Waals surface area contributed by atoms with Gasteiger partial charge < -0.3 is 9.52 Å². The third kappa shape index (κ3) is 1.84. The largest absolute Gasteiger partial charge is 0.481 e. The third-order valence-electron chi connectivity index (χ3n) is 3.16. The lowest BCUT2D eigenvalue weighted by Crippen LogP contribution is -1.98. The van der Waals surface area contributed by atoms with E-state index in [2.05, 4.69) is 0 Å². The summed E-state index contributed by atoms with van der Waals surface area (Å²) in [4.78, 5) is 10.8. The standard InChI is InChI=1S/C14H12O3/c15-14(16)11-8-10(11)13-7-6-12(17-13)9-4-2-1-3-5-9/h1-7,10-11H,8H2,(H,15,16)/t10-,11+/m1/s1. The topological polar surface area (TPSA) is 50.4 Å². The zero-order valence-electron chi connectivity index (χ0n) is 9.17. The van der Waals surface area contributed by atoms with Crippen molar-refractivity contribution in [2.75, 3.05) is 0 Å². The van der Waals surface area contributed by atoms with Gasteiger partial charge in [-0.2, -0.15) is 0 Å². The summed E-state index contributed by atoms with van der Waals surface area (Å²) in [7, 11) is 0. The number of furan rings is 1. The molecule has 86 valence electrons. The van der Waals surface area contributed by atoms with Crippen LogP contribution < -0.4 is 0 Å². The molecule has 1 aromatic heterocycles. The SMILES string of the molecule is O=C(O)[C@H]1C[C@H]1c1ccc(-c2ccccc2)o1. The number of aliphatic carboxylic acids is 1. The molecule has 3 heteroatoms. The summed E-state index contributed by atoms with van der Waals surface area (Å²) in [5.74, 6) is 0.662. The van der Waals surface area contributed by atoms with E-state index in [-0.39, 0.29) is 11.8 Å². The van der Waals surface area contributed by atoms with E-state index in [9.17, 15) is 4.79 Å². The minimum Gasteiger partial charge on any atom is -0.481 e. The lowest BCUT2D eigenvalue weighted by Gasteiger charge is -1.96. The van der Waals surface area contributed by atoms with Crippen LogP contribution >= 0.6 is 0 Å². The van der Waals surface area contributed by atoms with E-state index >= 15 is 0 Å². The van der Waals surface area contributed by atoms with Crippen molar-refractivity contribution in [3.63, 3.8) is 0 Å². The number of carbonyl (C=O) groups is 1. The lowest BCUT2D eigenvalue weighted by atomic mass is 10.2. The molecule has 0 bridgehead atoms. The fourth-order valence-corrected chi connectivity index (χ4v) is 2.09. The van der Waals surface area contributed by atoms with Crippen LogP contribution in [-0.2, 0) is 4.79 Å². The maximum absolute atomic E-state index is 10.8. The summed E-state index contributed by atoms with van der Waals surface area (Å²) in [5.41, 5.74) is 1.02. The van der Waals surface area contributed by atoms with Crippen LogP contribution in [0.3, 0.4) is 0 Å². The Labute approximate surface area is 98.7 Å². The van der Waals surface area contributed by atoms with E-state index in [1.54, 1.807) is 0 Å². The normalized spacial score (nSPS) is 22.4. The fourth-order valence-electron chi connectivity index (χ4n) is 2.09. The lowest BCUT2D eigenvalue weighted by molar-refractivity contribution is -0.138. The van der Waals surface area contributed by atoms with Crippen LogP contribution in [0, 0.1) is 5.92 Å². The van der Waals surface area contributed by atoms with Gasteiger partial charge in [0.15, 0.2) is 0 Å². The van der Waals surface area contributed by atoms with Crippen LogP contribution in [0.4, 0.5) is 0 Å². The minimum atomic E-state index is -0.729. The molecule has 0 aliphatic heterocycles. The highest BCUT2D eigenvalue weighted by Crippen LogP contribution is 2.48. The number of carboxylic acid groups (broad SMARTS) is 1. The van der Waals surface area contributed by atoms with Crippen LogP contribution in [-0.4, -0.2) is 11.1 Å². The van der Waals surface area contributed by atoms with Crippen LogP contribution in [0.2, 0.25) is 0 Å². The van der Waals surface area contributed by atoms with E-state index in [1.165, 1.54) is 0 Å². The molecule has 1 N–H and O–H groups in total. The Kier molecular flexibility index (Phi) is 2.25. The maximum atomic E-state index is 10.8. The molecule has 1 fully saturated rings. The molecule has 1 heterocycles. The van der Waals surface area contributed by atoms with Crippen LogP contribution in [0.15, 0.2) is 46.9 Å². The molecular weight excluding hydrogens is 216 g/mol. The first-order valence-electron chi connectivity index (χ1n) is 5.63. The van der Waals surface area contributed by atoms with Gasteiger partial charge in [0.1, 0.15) is 11.5 Å². The average Bonchev–Trinajstić information content (AvgIpc) is 3.01. The Balaban J connectivity index is 1.83. The molecule has 1 aliphatic rings. The van der Waals surface area contributed by atoms with Gasteiger partial charge in [-0.1, -0.05) is 30.3 Å². The molecule has 2 aromatic rings. The van der Waals surface area contributed by atoms with Crippen molar-refractivity contribution in [2.24, 2.45) is 5.92 Å². The number of rotatable bonds is 3. The predicted octanol–water partition coefficient (Wildman–Crippen LogP) is 3.13. The van der Waals surface area contributed by atoms with Gasteiger partial charge in [-0.15, -0.1) is 0 Å². The monoisotopic (exact) mass is 228 g/mol. The molecule has 1 saturated carbocycles. The maximum Gasteiger partial charge on any atom is 0.307 e. The summed E-state index contributed by atoms with van der Waals surface area (Å²) < 4.78 is 5.71. The Morgan fingerprint density at radius 2 is 1.94 bits per heavy atom. The Hall–Kier alpha value is -2.03. The Bertz CT molecular complexity index is 542. The second kappa shape index (κ2) is 3.77. The Morgan fingerprint density at radius 3 is 2.59 bits per heavy atom. The van der Waals surface area contributed by atoms with E-state index in [1.807, 2.05) is 42.5 Å². The number of hydrogen-bond acceptors (Lipinski definition) is 2. The van der Waals surface area contributed by atoms with E-state index in [0.717, 1.165) is 17.1 Å². The summed E-state index contributed by atoms with van der Waals surface area (Å²) >= 11 is 0.